The monoisotopic (exact) mass is 331 g/mol. The Morgan fingerprint density at radius 1 is 1.43 bits per heavy atom. The summed E-state index contributed by atoms with van der Waals surface area (Å²) in [5.41, 5.74) is 0.788. The van der Waals surface area contributed by atoms with Gasteiger partial charge in [-0.25, -0.2) is 4.79 Å². The molecule has 0 saturated heterocycles. The smallest absolute Gasteiger partial charge is 0.358 e. The van der Waals surface area contributed by atoms with Crippen LogP contribution in [-0.2, 0) is 14.4 Å². The van der Waals surface area contributed by atoms with Crippen molar-refractivity contribution in [2.45, 2.75) is 0 Å². The molecule has 2 rings (SSSR count). The molecule has 0 radical (unpaired) electrons. The maximum Gasteiger partial charge on any atom is 0.358 e. The molecule has 8 heteroatoms. The standard InChI is InChI=1S/C15H13N3O4S/c1-22-18-14(15(20)21)10-8-13(23-9-10)17-12(19)6-5-11-4-2-3-7-16-11/h2-9H,1H3,(H,17,19)(H,20,21). The second kappa shape index (κ2) is 7.85. The normalized spacial score (nSPS) is 11.4. The van der Waals surface area contributed by atoms with Crippen LogP contribution in [0, 0.1) is 0 Å². The van der Waals surface area contributed by atoms with Gasteiger partial charge in [0.1, 0.15) is 7.11 Å². The Hall–Kier alpha value is -3.00. The fraction of sp³-hybridized carbons (Fsp3) is 0.0667. The van der Waals surface area contributed by atoms with Crippen LogP contribution in [0.5, 0.6) is 0 Å². The van der Waals surface area contributed by atoms with Crippen LogP contribution < -0.4 is 5.32 Å². The molecule has 2 aromatic heterocycles. The zero-order chi connectivity index (χ0) is 16.7. The summed E-state index contributed by atoms with van der Waals surface area (Å²) in [5, 5.41) is 17.2. The van der Waals surface area contributed by atoms with Gasteiger partial charge in [-0.15, -0.1) is 11.3 Å². The summed E-state index contributed by atoms with van der Waals surface area (Å²) in [7, 11) is 1.26. The molecule has 0 bridgehead atoms. The molecule has 7 nitrogen and oxygen atoms in total. The van der Waals surface area contributed by atoms with E-state index in [-0.39, 0.29) is 11.6 Å². The van der Waals surface area contributed by atoms with Gasteiger partial charge < -0.3 is 15.3 Å². The lowest BCUT2D eigenvalue weighted by atomic mass is 10.2. The van der Waals surface area contributed by atoms with Gasteiger partial charge in [-0.05, 0) is 24.3 Å². The van der Waals surface area contributed by atoms with Gasteiger partial charge in [-0.2, -0.15) is 0 Å². The second-order valence-electron chi connectivity index (χ2n) is 4.20. The van der Waals surface area contributed by atoms with Crippen LogP contribution in [-0.4, -0.2) is 34.8 Å². The van der Waals surface area contributed by atoms with Gasteiger partial charge in [0, 0.05) is 23.2 Å². The van der Waals surface area contributed by atoms with Crippen LogP contribution >= 0.6 is 11.3 Å². The number of carbonyl (C=O) groups is 2. The van der Waals surface area contributed by atoms with Gasteiger partial charge in [0.25, 0.3) is 0 Å². The number of amides is 1. The maximum absolute atomic E-state index is 11.8. The number of pyridine rings is 1. The van der Waals surface area contributed by atoms with Crippen molar-refractivity contribution < 1.29 is 19.5 Å². The van der Waals surface area contributed by atoms with Gasteiger partial charge in [0.05, 0.1) is 10.7 Å². The third kappa shape index (κ3) is 4.75. The van der Waals surface area contributed by atoms with E-state index >= 15 is 0 Å². The number of carboxylic acid groups (broad SMARTS) is 1. The summed E-state index contributed by atoms with van der Waals surface area (Å²) in [6, 6.07) is 6.89. The van der Waals surface area contributed by atoms with Crippen molar-refractivity contribution in [2.75, 3.05) is 12.4 Å². The molecular weight excluding hydrogens is 318 g/mol. The highest BCUT2D eigenvalue weighted by molar-refractivity contribution is 7.14. The molecule has 2 heterocycles. The molecule has 0 unspecified atom stereocenters. The van der Waals surface area contributed by atoms with E-state index < -0.39 is 5.97 Å². The number of aromatic nitrogens is 1. The van der Waals surface area contributed by atoms with Gasteiger partial charge >= 0.3 is 5.97 Å². The third-order valence-electron chi connectivity index (χ3n) is 2.60. The van der Waals surface area contributed by atoms with Crippen LogP contribution in [0.4, 0.5) is 5.00 Å². The summed E-state index contributed by atoms with van der Waals surface area (Å²) in [5.74, 6) is -1.55. The number of oxime groups is 1. The van der Waals surface area contributed by atoms with Crippen LogP contribution in [0.25, 0.3) is 6.08 Å². The van der Waals surface area contributed by atoms with Crippen molar-refractivity contribution >= 4 is 40.0 Å². The third-order valence-corrected chi connectivity index (χ3v) is 3.44. The summed E-state index contributed by atoms with van der Waals surface area (Å²) >= 11 is 1.19. The average molecular weight is 331 g/mol. The number of thiophene rings is 1. The minimum Gasteiger partial charge on any atom is -0.476 e. The second-order valence-corrected chi connectivity index (χ2v) is 5.12. The number of anilines is 1. The minimum atomic E-state index is -1.21. The van der Waals surface area contributed by atoms with E-state index in [4.69, 9.17) is 5.11 Å². The van der Waals surface area contributed by atoms with Gasteiger partial charge in [0.15, 0.2) is 5.71 Å². The number of rotatable bonds is 6. The van der Waals surface area contributed by atoms with Crippen molar-refractivity contribution in [2.24, 2.45) is 5.16 Å². The zero-order valence-corrected chi connectivity index (χ0v) is 12.9. The number of hydrogen-bond donors (Lipinski definition) is 2. The Kier molecular flexibility index (Phi) is 5.59. The summed E-state index contributed by atoms with van der Waals surface area (Å²) < 4.78 is 0. The molecule has 0 aliphatic rings. The van der Waals surface area contributed by atoms with Gasteiger partial charge in [0.2, 0.25) is 5.91 Å². The fourth-order valence-corrected chi connectivity index (χ4v) is 2.42. The van der Waals surface area contributed by atoms with E-state index in [1.54, 1.807) is 29.8 Å². The highest BCUT2D eigenvalue weighted by atomic mass is 32.1. The van der Waals surface area contributed by atoms with Crippen LogP contribution in [0.1, 0.15) is 11.3 Å². The van der Waals surface area contributed by atoms with Crippen molar-refractivity contribution in [3.8, 4) is 0 Å². The molecule has 0 atom stereocenters. The Morgan fingerprint density at radius 3 is 2.91 bits per heavy atom. The summed E-state index contributed by atoms with van der Waals surface area (Å²) in [6.45, 7) is 0. The van der Waals surface area contributed by atoms with E-state index in [0.29, 0.717) is 16.3 Å². The Labute approximate surface area is 135 Å². The molecule has 0 fully saturated rings. The van der Waals surface area contributed by atoms with Crippen LogP contribution in [0.2, 0.25) is 0 Å². The Balaban J connectivity index is 2.04. The SMILES string of the molecule is CON=C(C(=O)O)c1csc(NC(=O)C=Cc2ccccn2)c1. The first kappa shape index (κ1) is 16.4. The summed E-state index contributed by atoms with van der Waals surface area (Å²) in [4.78, 5) is 31.5. The molecule has 118 valence electrons. The molecular formula is C15H13N3O4S. The highest BCUT2D eigenvalue weighted by Gasteiger charge is 2.16. The Morgan fingerprint density at radius 2 is 2.26 bits per heavy atom. The minimum absolute atomic E-state index is 0.228. The Bertz CT molecular complexity index is 753. The van der Waals surface area contributed by atoms with Crippen molar-refractivity contribution in [3.05, 3.63) is 53.2 Å². The fourth-order valence-electron chi connectivity index (χ4n) is 1.63. The average Bonchev–Trinajstić information content (AvgIpc) is 2.99. The molecule has 2 N–H and O–H groups in total. The van der Waals surface area contributed by atoms with E-state index in [1.807, 2.05) is 6.07 Å². The van der Waals surface area contributed by atoms with E-state index in [2.05, 4.69) is 20.3 Å². The molecule has 0 spiro atoms. The van der Waals surface area contributed by atoms with Crippen molar-refractivity contribution in [1.82, 2.24) is 4.98 Å². The van der Waals surface area contributed by atoms with E-state index in [1.165, 1.54) is 30.6 Å². The van der Waals surface area contributed by atoms with Crippen molar-refractivity contribution in [1.29, 1.82) is 0 Å². The number of carboxylic acids is 1. The number of aliphatic carboxylic acids is 1. The lowest BCUT2D eigenvalue weighted by Crippen LogP contribution is -2.14. The predicted molar refractivity (Wildman–Crippen MR) is 87.4 cm³/mol. The molecule has 23 heavy (non-hydrogen) atoms. The topological polar surface area (TPSA) is 101 Å². The molecule has 2 aromatic rings. The lowest BCUT2D eigenvalue weighted by molar-refractivity contribution is -0.129. The molecule has 0 aliphatic heterocycles. The molecule has 0 aromatic carbocycles. The molecule has 0 aliphatic carbocycles. The van der Waals surface area contributed by atoms with E-state index in [0.717, 1.165) is 0 Å². The van der Waals surface area contributed by atoms with Crippen LogP contribution in [0.15, 0.2) is 47.1 Å². The van der Waals surface area contributed by atoms with Crippen LogP contribution in [0.3, 0.4) is 0 Å². The van der Waals surface area contributed by atoms with Gasteiger partial charge in [-0.1, -0.05) is 11.2 Å². The quantitative estimate of drug-likeness (QED) is 0.480. The summed E-state index contributed by atoms with van der Waals surface area (Å²) in [6.07, 6.45) is 4.56. The number of hydrogen-bond acceptors (Lipinski definition) is 6. The highest BCUT2D eigenvalue weighted by Crippen LogP contribution is 2.21. The van der Waals surface area contributed by atoms with E-state index in [9.17, 15) is 9.59 Å². The first-order valence-electron chi connectivity index (χ1n) is 6.43. The largest absolute Gasteiger partial charge is 0.476 e. The first-order valence-corrected chi connectivity index (χ1v) is 7.31. The first-order chi connectivity index (χ1) is 11.1. The maximum atomic E-state index is 11.8. The molecule has 1 amide bonds. The number of carbonyl (C=O) groups excluding carboxylic acids is 1. The van der Waals surface area contributed by atoms with Crippen molar-refractivity contribution in [3.63, 3.8) is 0 Å². The predicted octanol–water partition coefficient (Wildman–Crippen LogP) is 2.23. The zero-order valence-electron chi connectivity index (χ0n) is 12.1. The number of nitrogens with one attached hydrogen (secondary N) is 1. The lowest BCUT2D eigenvalue weighted by Gasteiger charge is -1.98. The van der Waals surface area contributed by atoms with Gasteiger partial charge in [-0.3, -0.25) is 9.78 Å². The number of nitrogens with zero attached hydrogens (tertiary/aromatic N) is 2. The molecule has 0 saturated carbocycles.